The Balaban J connectivity index is 1.95. The number of nitrogen functional groups attached to an aromatic ring is 1. The third-order valence-corrected chi connectivity index (χ3v) is 3.21. The van der Waals surface area contributed by atoms with Gasteiger partial charge in [0.15, 0.2) is 0 Å². The molecule has 0 radical (unpaired) electrons. The lowest BCUT2D eigenvalue weighted by molar-refractivity contribution is -0.138. The normalized spacial score (nSPS) is 14.1. The second-order valence-corrected chi connectivity index (χ2v) is 4.88. The lowest BCUT2D eigenvalue weighted by Crippen LogP contribution is -2.36. The third-order valence-electron chi connectivity index (χ3n) is 3.21. The lowest BCUT2D eigenvalue weighted by Gasteiger charge is -2.21. The molecule has 1 fully saturated rings. The summed E-state index contributed by atoms with van der Waals surface area (Å²) in [6.07, 6.45) is 2.26. The molecule has 0 atom stereocenters. The summed E-state index contributed by atoms with van der Waals surface area (Å²) >= 11 is 0. The van der Waals surface area contributed by atoms with E-state index in [0.29, 0.717) is 18.7 Å². The molecule has 2 rings (SSSR count). The minimum atomic E-state index is -0.870. The molecule has 1 aromatic carbocycles. The fourth-order valence-corrected chi connectivity index (χ4v) is 2.02. The van der Waals surface area contributed by atoms with Gasteiger partial charge in [0.05, 0.1) is 12.8 Å². The van der Waals surface area contributed by atoms with Gasteiger partial charge in [-0.1, -0.05) is 12.1 Å². The van der Waals surface area contributed by atoms with Gasteiger partial charge in [-0.3, -0.25) is 9.59 Å². The molecule has 1 aromatic rings. The molecule has 0 saturated heterocycles. The summed E-state index contributed by atoms with van der Waals surface area (Å²) in [5.74, 6) is -0.876. The van der Waals surface area contributed by atoms with Crippen LogP contribution in [0.4, 0.5) is 5.69 Å². The van der Waals surface area contributed by atoms with Crippen molar-refractivity contribution in [2.24, 2.45) is 0 Å². The molecular weight excluding hydrogens is 244 g/mol. The van der Waals surface area contributed by atoms with Crippen LogP contribution in [-0.2, 0) is 16.0 Å². The van der Waals surface area contributed by atoms with Crippen LogP contribution in [0.15, 0.2) is 24.3 Å². The van der Waals surface area contributed by atoms with E-state index in [-0.39, 0.29) is 18.4 Å². The molecular formula is C14H18N2O3. The first-order chi connectivity index (χ1) is 9.06. The number of rotatable bonds is 6. The average Bonchev–Trinajstić information content (AvgIpc) is 3.16. The van der Waals surface area contributed by atoms with Crippen LogP contribution in [0.3, 0.4) is 0 Å². The highest BCUT2D eigenvalue weighted by Gasteiger charge is 2.32. The van der Waals surface area contributed by atoms with Gasteiger partial charge < -0.3 is 15.7 Å². The largest absolute Gasteiger partial charge is 0.481 e. The van der Waals surface area contributed by atoms with Crippen molar-refractivity contribution in [1.82, 2.24) is 4.90 Å². The van der Waals surface area contributed by atoms with E-state index in [1.807, 2.05) is 12.1 Å². The van der Waals surface area contributed by atoms with Gasteiger partial charge in [0, 0.05) is 18.3 Å². The summed E-state index contributed by atoms with van der Waals surface area (Å²) in [5.41, 5.74) is 7.17. The van der Waals surface area contributed by atoms with Crippen molar-refractivity contribution in [1.29, 1.82) is 0 Å². The molecule has 1 aliphatic carbocycles. The van der Waals surface area contributed by atoms with Crippen molar-refractivity contribution in [3.05, 3.63) is 29.8 Å². The number of carbonyl (C=O) groups excluding carboxylic acids is 1. The quantitative estimate of drug-likeness (QED) is 0.756. The molecule has 0 unspecified atom stereocenters. The highest BCUT2D eigenvalue weighted by Crippen LogP contribution is 2.27. The Bertz CT molecular complexity index is 466. The maximum Gasteiger partial charge on any atom is 0.305 e. The Morgan fingerprint density at radius 3 is 2.42 bits per heavy atom. The zero-order valence-electron chi connectivity index (χ0n) is 10.7. The van der Waals surface area contributed by atoms with Crippen LogP contribution in [0.2, 0.25) is 0 Å². The number of carbonyl (C=O) groups is 2. The van der Waals surface area contributed by atoms with Gasteiger partial charge in [0.25, 0.3) is 0 Å². The molecule has 5 heteroatoms. The van der Waals surface area contributed by atoms with Crippen LogP contribution >= 0.6 is 0 Å². The van der Waals surface area contributed by atoms with Crippen LogP contribution in [-0.4, -0.2) is 34.5 Å². The van der Waals surface area contributed by atoms with Crippen molar-refractivity contribution < 1.29 is 14.7 Å². The van der Waals surface area contributed by atoms with Crippen LogP contribution in [0.5, 0.6) is 0 Å². The molecule has 0 aliphatic heterocycles. The molecule has 0 spiro atoms. The van der Waals surface area contributed by atoms with Crippen LogP contribution in [0, 0.1) is 0 Å². The number of amides is 1. The zero-order chi connectivity index (χ0) is 13.8. The van der Waals surface area contributed by atoms with E-state index >= 15 is 0 Å². The van der Waals surface area contributed by atoms with E-state index in [1.165, 1.54) is 0 Å². The van der Waals surface area contributed by atoms with E-state index in [9.17, 15) is 9.59 Å². The highest BCUT2D eigenvalue weighted by molar-refractivity contribution is 5.80. The number of benzene rings is 1. The Labute approximate surface area is 112 Å². The molecule has 19 heavy (non-hydrogen) atoms. The summed E-state index contributed by atoms with van der Waals surface area (Å²) in [6, 6.07) is 7.42. The van der Waals surface area contributed by atoms with Gasteiger partial charge in [-0.25, -0.2) is 0 Å². The second kappa shape index (κ2) is 5.73. The number of hydrogen-bond donors (Lipinski definition) is 2. The lowest BCUT2D eigenvalue weighted by atomic mass is 10.1. The van der Waals surface area contributed by atoms with E-state index in [4.69, 9.17) is 10.8 Å². The van der Waals surface area contributed by atoms with Gasteiger partial charge in [0.2, 0.25) is 5.91 Å². The first kappa shape index (κ1) is 13.4. The maximum atomic E-state index is 12.2. The molecule has 1 aliphatic rings. The predicted octanol–water partition coefficient (Wildman–Crippen LogP) is 1.28. The fourth-order valence-electron chi connectivity index (χ4n) is 2.02. The number of carboxylic acid groups (broad SMARTS) is 1. The minimum Gasteiger partial charge on any atom is -0.481 e. The van der Waals surface area contributed by atoms with E-state index in [2.05, 4.69) is 0 Å². The number of aliphatic carboxylic acids is 1. The van der Waals surface area contributed by atoms with Gasteiger partial charge in [-0.15, -0.1) is 0 Å². The number of nitrogens with two attached hydrogens (primary N) is 1. The van der Waals surface area contributed by atoms with Gasteiger partial charge in [-0.2, -0.15) is 0 Å². The van der Waals surface area contributed by atoms with Crippen molar-refractivity contribution in [3.63, 3.8) is 0 Å². The van der Waals surface area contributed by atoms with Crippen LogP contribution < -0.4 is 5.73 Å². The van der Waals surface area contributed by atoms with E-state index in [1.54, 1.807) is 17.0 Å². The monoisotopic (exact) mass is 262 g/mol. The molecule has 102 valence electrons. The summed E-state index contributed by atoms with van der Waals surface area (Å²) in [5, 5.41) is 8.71. The Hall–Kier alpha value is -2.04. The van der Waals surface area contributed by atoms with Crippen molar-refractivity contribution in [2.45, 2.75) is 31.7 Å². The fraction of sp³-hybridized carbons (Fsp3) is 0.429. The first-order valence-electron chi connectivity index (χ1n) is 6.42. The number of carboxylic acids is 1. The smallest absolute Gasteiger partial charge is 0.305 e. The summed E-state index contributed by atoms with van der Waals surface area (Å²) in [6.45, 7) is 0.299. The average molecular weight is 262 g/mol. The number of hydrogen-bond acceptors (Lipinski definition) is 3. The first-order valence-corrected chi connectivity index (χ1v) is 6.42. The van der Waals surface area contributed by atoms with Gasteiger partial charge >= 0.3 is 5.97 Å². The Morgan fingerprint density at radius 2 is 1.89 bits per heavy atom. The molecule has 0 aromatic heterocycles. The third kappa shape index (κ3) is 3.98. The number of nitrogens with zero attached hydrogens (tertiary/aromatic N) is 1. The molecule has 3 N–H and O–H groups in total. The van der Waals surface area contributed by atoms with E-state index in [0.717, 1.165) is 18.4 Å². The summed E-state index contributed by atoms with van der Waals surface area (Å²) in [4.78, 5) is 24.5. The maximum absolute atomic E-state index is 12.2. The van der Waals surface area contributed by atoms with Crippen molar-refractivity contribution in [3.8, 4) is 0 Å². The molecule has 0 bridgehead atoms. The highest BCUT2D eigenvalue weighted by atomic mass is 16.4. The molecule has 0 heterocycles. The number of anilines is 1. The van der Waals surface area contributed by atoms with Gasteiger partial charge in [-0.05, 0) is 30.5 Å². The van der Waals surface area contributed by atoms with Crippen LogP contribution in [0.25, 0.3) is 0 Å². The van der Waals surface area contributed by atoms with Crippen molar-refractivity contribution >= 4 is 17.6 Å². The molecule has 1 saturated carbocycles. The molecule has 5 nitrogen and oxygen atoms in total. The standard InChI is InChI=1S/C14H18N2O3/c15-11-3-1-10(2-4-11)9-13(17)16(12-5-6-12)8-7-14(18)19/h1-4,12H,5-9,15H2,(H,18,19). The topological polar surface area (TPSA) is 83.6 Å². The predicted molar refractivity (Wildman–Crippen MR) is 71.5 cm³/mol. The Kier molecular flexibility index (Phi) is 4.04. The SMILES string of the molecule is Nc1ccc(CC(=O)N(CCC(=O)O)C2CC2)cc1. The summed E-state index contributed by atoms with van der Waals surface area (Å²) < 4.78 is 0. The van der Waals surface area contributed by atoms with Crippen molar-refractivity contribution in [2.75, 3.05) is 12.3 Å². The minimum absolute atomic E-state index is 0.00395. The van der Waals surface area contributed by atoms with Gasteiger partial charge in [0.1, 0.15) is 0 Å². The zero-order valence-corrected chi connectivity index (χ0v) is 10.7. The Morgan fingerprint density at radius 1 is 1.26 bits per heavy atom. The van der Waals surface area contributed by atoms with E-state index < -0.39 is 5.97 Å². The second-order valence-electron chi connectivity index (χ2n) is 4.88. The summed E-state index contributed by atoms with van der Waals surface area (Å²) in [7, 11) is 0. The van der Waals surface area contributed by atoms with Crippen LogP contribution in [0.1, 0.15) is 24.8 Å². The molecule has 1 amide bonds.